The van der Waals surface area contributed by atoms with Crippen LogP contribution in [0.3, 0.4) is 0 Å². The Morgan fingerprint density at radius 3 is 2.15 bits per heavy atom. The number of carbonyl (C=O) groups excluding carboxylic acids is 2. The Labute approximate surface area is 247 Å². The topological polar surface area (TPSA) is 86.8 Å². The number of nitrogens with one attached hydrogen (secondary N) is 1. The number of anilines is 1. The second-order valence-electron chi connectivity index (χ2n) is 9.97. The lowest BCUT2D eigenvalue weighted by molar-refractivity contribution is -0.140. The number of amides is 2. The molecule has 10 heteroatoms. The molecule has 0 spiro atoms. The average molecular weight is 605 g/mol. The van der Waals surface area contributed by atoms with Crippen molar-refractivity contribution in [3.05, 3.63) is 93.5 Å². The van der Waals surface area contributed by atoms with Gasteiger partial charge >= 0.3 is 0 Å². The first kappa shape index (κ1) is 31.5. The van der Waals surface area contributed by atoms with E-state index in [-0.39, 0.29) is 23.4 Å². The molecule has 2 amide bonds. The van der Waals surface area contributed by atoms with Gasteiger partial charge in [0.15, 0.2) is 0 Å². The Kier molecular flexibility index (Phi) is 10.6. The second-order valence-corrected chi connectivity index (χ2v) is 12.6. The van der Waals surface area contributed by atoms with Crippen molar-refractivity contribution in [2.45, 2.75) is 64.6 Å². The highest BCUT2D eigenvalue weighted by Crippen LogP contribution is 2.28. The van der Waals surface area contributed by atoms with E-state index < -0.39 is 28.5 Å². The van der Waals surface area contributed by atoms with E-state index in [4.69, 9.17) is 23.2 Å². The molecule has 0 heterocycles. The number of hydrogen-bond acceptors (Lipinski definition) is 4. The molecule has 0 aliphatic heterocycles. The molecule has 40 heavy (non-hydrogen) atoms. The van der Waals surface area contributed by atoms with Crippen molar-refractivity contribution in [2.75, 3.05) is 10.8 Å². The predicted octanol–water partition coefficient (Wildman–Crippen LogP) is 6.14. The molecule has 1 N–H and O–H groups in total. The van der Waals surface area contributed by atoms with Crippen molar-refractivity contribution in [2.24, 2.45) is 0 Å². The van der Waals surface area contributed by atoms with Gasteiger partial charge in [0.2, 0.25) is 11.8 Å². The van der Waals surface area contributed by atoms with Crippen LogP contribution in [0.5, 0.6) is 0 Å². The van der Waals surface area contributed by atoms with E-state index in [0.29, 0.717) is 33.3 Å². The number of sulfonamides is 1. The van der Waals surface area contributed by atoms with Crippen molar-refractivity contribution in [3.63, 3.8) is 0 Å². The average Bonchev–Trinajstić information content (AvgIpc) is 2.89. The van der Waals surface area contributed by atoms with Gasteiger partial charge in [0.25, 0.3) is 10.0 Å². The maximum absolute atomic E-state index is 14.1. The minimum Gasteiger partial charge on any atom is -0.352 e. The number of halogens is 2. The zero-order valence-electron chi connectivity index (χ0n) is 23.3. The Morgan fingerprint density at radius 1 is 0.925 bits per heavy atom. The van der Waals surface area contributed by atoms with Gasteiger partial charge in [-0.1, -0.05) is 72.1 Å². The molecule has 0 saturated carbocycles. The Morgan fingerprint density at radius 2 is 1.57 bits per heavy atom. The highest BCUT2D eigenvalue weighted by molar-refractivity contribution is 7.92. The van der Waals surface area contributed by atoms with Crippen LogP contribution in [0.15, 0.2) is 71.6 Å². The van der Waals surface area contributed by atoms with Crippen LogP contribution in [0.4, 0.5) is 5.69 Å². The fourth-order valence-corrected chi connectivity index (χ4v) is 6.13. The summed E-state index contributed by atoms with van der Waals surface area (Å²) in [5.74, 6) is -0.856. The van der Waals surface area contributed by atoms with E-state index in [1.54, 1.807) is 61.5 Å². The van der Waals surface area contributed by atoms with Gasteiger partial charge in [-0.15, -0.1) is 0 Å². The van der Waals surface area contributed by atoms with Crippen molar-refractivity contribution in [1.29, 1.82) is 0 Å². The predicted molar refractivity (Wildman–Crippen MR) is 161 cm³/mol. The minimum absolute atomic E-state index is 0.0337. The Bertz CT molecular complexity index is 1460. The standard InChI is InChI=1S/C30H35Cl2N3O4S/c1-6-27(30(37)33-20(2)3)34(18-23-13-16-25(31)26(32)17-23)29(36)19-35(28-10-8-7-9-22(28)5)40(38,39)24-14-11-21(4)12-15-24/h7-17,20,27H,6,18-19H2,1-5H3,(H,33,37). The maximum Gasteiger partial charge on any atom is 0.264 e. The summed E-state index contributed by atoms with van der Waals surface area (Å²) >= 11 is 12.3. The van der Waals surface area contributed by atoms with Crippen molar-refractivity contribution in [1.82, 2.24) is 10.2 Å². The van der Waals surface area contributed by atoms with Crippen LogP contribution < -0.4 is 9.62 Å². The van der Waals surface area contributed by atoms with Crippen LogP contribution in [0, 0.1) is 13.8 Å². The van der Waals surface area contributed by atoms with Crippen molar-refractivity contribution >= 4 is 50.7 Å². The maximum atomic E-state index is 14.1. The van der Waals surface area contributed by atoms with Crippen molar-refractivity contribution in [3.8, 4) is 0 Å². The fourth-order valence-electron chi connectivity index (χ4n) is 4.33. The molecule has 0 fully saturated rings. The largest absolute Gasteiger partial charge is 0.352 e. The molecule has 3 aromatic carbocycles. The number of aryl methyl sites for hydroxylation is 2. The minimum atomic E-state index is -4.13. The monoisotopic (exact) mass is 603 g/mol. The highest BCUT2D eigenvalue weighted by Gasteiger charge is 2.34. The molecule has 0 aromatic heterocycles. The van der Waals surface area contributed by atoms with Crippen LogP contribution in [0.1, 0.15) is 43.9 Å². The number of hydrogen-bond donors (Lipinski definition) is 1. The van der Waals surface area contributed by atoms with E-state index in [0.717, 1.165) is 9.87 Å². The molecule has 7 nitrogen and oxygen atoms in total. The van der Waals surface area contributed by atoms with E-state index in [9.17, 15) is 18.0 Å². The summed E-state index contributed by atoms with van der Waals surface area (Å²) in [6.07, 6.45) is 0.320. The lowest BCUT2D eigenvalue weighted by Crippen LogP contribution is -2.53. The van der Waals surface area contributed by atoms with Crippen LogP contribution in [-0.4, -0.2) is 43.8 Å². The number of benzene rings is 3. The summed E-state index contributed by atoms with van der Waals surface area (Å²) < 4.78 is 29.0. The summed E-state index contributed by atoms with van der Waals surface area (Å²) in [4.78, 5) is 28.8. The van der Waals surface area contributed by atoms with E-state index in [1.807, 2.05) is 27.7 Å². The summed E-state index contributed by atoms with van der Waals surface area (Å²) in [6, 6.07) is 17.5. The molecule has 3 rings (SSSR count). The molecule has 1 unspecified atom stereocenters. The van der Waals surface area contributed by atoms with Gasteiger partial charge in [0, 0.05) is 12.6 Å². The third-order valence-corrected chi connectivity index (χ3v) is 8.94. The van der Waals surface area contributed by atoms with E-state index in [2.05, 4.69) is 5.32 Å². The van der Waals surface area contributed by atoms with Gasteiger partial charge in [-0.2, -0.15) is 0 Å². The molecule has 0 saturated heterocycles. The number of carbonyl (C=O) groups is 2. The summed E-state index contributed by atoms with van der Waals surface area (Å²) in [5, 5.41) is 3.56. The number of rotatable bonds is 11. The normalized spacial score (nSPS) is 12.2. The Hall–Kier alpha value is -3.07. The van der Waals surface area contributed by atoms with Crippen LogP contribution in [0.25, 0.3) is 0 Å². The van der Waals surface area contributed by atoms with Crippen LogP contribution >= 0.6 is 23.2 Å². The van der Waals surface area contributed by atoms with E-state index in [1.165, 1.54) is 17.0 Å². The number of nitrogens with zero attached hydrogens (tertiary/aromatic N) is 2. The summed E-state index contributed by atoms with van der Waals surface area (Å²) in [5.41, 5.74) is 2.63. The lowest BCUT2D eigenvalue weighted by Gasteiger charge is -2.34. The molecule has 0 aliphatic carbocycles. The first-order valence-corrected chi connectivity index (χ1v) is 15.2. The molecule has 1 atom stereocenters. The third-order valence-electron chi connectivity index (χ3n) is 6.43. The number of para-hydroxylation sites is 1. The first-order chi connectivity index (χ1) is 18.8. The van der Waals surface area contributed by atoms with Gasteiger partial charge in [-0.25, -0.2) is 8.42 Å². The van der Waals surface area contributed by atoms with Gasteiger partial charge in [0.1, 0.15) is 12.6 Å². The smallest absolute Gasteiger partial charge is 0.264 e. The van der Waals surface area contributed by atoms with Gasteiger partial charge in [0.05, 0.1) is 20.6 Å². The molecular weight excluding hydrogens is 569 g/mol. The van der Waals surface area contributed by atoms with Gasteiger partial charge in [-0.05, 0) is 75.6 Å². The molecule has 0 radical (unpaired) electrons. The zero-order valence-corrected chi connectivity index (χ0v) is 25.6. The molecule has 0 aliphatic rings. The Balaban J connectivity index is 2.09. The second kappa shape index (κ2) is 13.5. The third kappa shape index (κ3) is 7.56. The molecular formula is C30H35Cl2N3O4S. The zero-order chi connectivity index (χ0) is 29.6. The highest BCUT2D eigenvalue weighted by atomic mass is 35.5. The van der Waals surface area contributed by atoms with Gasteiger partial charge < -0.3 is 10.2 Å². The molecule has 3 aromatic rings. The van der Waals surface area contributed by atoms with Gasteiger partial charge in [-0.3, -0.25) is 13.9 Å². The quantitative estimate of drug-likeness (QED) is 0.285. The first-order valence-electron chi connectivity index (χ1n) is 13.0. The fraction of sp³-hybridized carbons (Fsp3) is 0.333. The lowest BCUT2D eigenvalue weighted by atomic mass is 10.1. The molecule has 214 valence electrons. The summed E-state index contributed by atoms with van der Waals surface area (Å²) in [6.45, 7) is 8.66. The van der Waals surface area contributed by atoms with Crippen LogP contribution in [-0.2, 0) is 26.2 Å². The van der Waals surface area contributed by atoms with Crippen LogP contribution in [0.2, 0.25) is 10.0 Å². The molecule has 0 bridgehead atoms. The van der Waals surface area contributed by atoms with Crippen molar-refractivity contribution < 1.29 is 18.0 Å². The summed E-state index contributed by atoms with van der Waals surface area (Å²) in [7, 11) is -4.13. The SMILES string of the molecule is CCC(C(=O)NC(C)C)N(Cc1ccc(Cl)c(Cl)c1)C(=O)CN(c1ccccc1C)S(=O)(=O)c1ccc(C)cc1. The van der Waals surface area contributed by atoms with E-state index >= 15 is 0 Å².